The summed E-state index contributed by atoms with van der Waals surface area (Å²) in [5.74, 6) is 0.0864. The second kappa shape index (κ2) is 9.16. The lowest BCUT2D eigenvalue weighted by Gasteiger charge is -2.27. The lowest BCUT2D eigenvalue weighted by Crippen LogP contribution is -2.37. The van der Waals surface area contributed by atoms with E-state index in [-0.39, 0.29) is 11.6 Å². The fourth-order valence-corrected chi connectivity index (χ4v) is 3.11. The van der Waals surface area contributed by atoms with E-state index in [1.54, 1.807) is 13.3 Å². The van der Waals surface area contributed by atoms with Gasteiger partial charge in [0.1, 0.15) is 11.6 Å². The second-order valence-electron chi connectivity index (χ2n) is 6.98. The number of aryl methyl sites for hydroxylation is 1. The third-order valence-corrected chi connectivity index (χ3v) is 4.75. The van der Waals surface area contributed by atoms with Crippen LogP contribution in [0.1, 0.15) is 25.6 Å². The monoisotopic (exact) mass is 431 g/mol. The van der Waals surface area contributed by atoms with Crippen LogP contribution in [0.4, 0.5) is 32.4 Å². The van der Waals surface area contributed by atoms with Gasteiger partial charge in [-0.25, -0.2) is 13.8 Å². The quantitative estimate of drug-likeness (QED) is 0.584. The van der Waals surface area contributed by atoms with E-state index in [1.165, 1.54) is 0 Å². The molecule has 0 amide bonds. The predicted molar refractivity (Wildman–Crippen MR) is 110 cm³/mol. The van der Waals surface area contributed by atoms with Crippen LogP contribution in [-0.2, 0) is 11.3 Å². The molecular weight excluding hydrogens is 408 g/mol. The molecule has 12 heteroatoms. The highest BCUT2D eigenvalue weighted by Gasteiger charge is 2.20. The topological polar surface area (TPSA) is 106 Å². The number of imidazole rings is 1. The summed E-state index contributed by atoms with van der Waals surface area (Å²) in [5, 5.41) is 6.11. The Morgan fingerprint density at radius 3 is 2.61 bits per heavy atom. The number of aromatic nitrogens is 6. The van der Waals surface area contributed by atoms with Crippen molar-refractivity contribution in [2.75, 3.05) is 41.8 Å². The van der Waals surface area contributed by atoms with Crippen LogP contribution < -0.4 is 15.5 Å². The molecule has 0 saturated carbocycles. The zero-order valence-electron chi connectivity index (χ0n) is 17.2. The Kier molecular flexibility index (Phi) is 6.16. The van der Waals surface area contributed by atoms with Gasteiger partial charge in [-0.2, -0.15) is 15.0 Å². The Morgan fingerprint density at radius 1 is 1.13 bits per heavy atom. The van der Waals surface area contributed by atoms with Crippen LogP contribution in [-0.4, -0.2) is 55.8 Å². The van der Waals surface area contributed by atoms with Gasteiger partial charge < -0.3 is 24.8 Å². The van der Waals surface area contributed by atoms with Crippen molar-refractivity contribution in [1.82, 2.24) is 29.5 Å². The summed E-state index contributed by atoms with van der Waals surface area (Å²) in [4.78, 5) is 23.5. The van der Waals surface area contributed by atoms with Crippen molar-refractivity contribution in [2.24, 2.45) is 0 Å². The van der Waals surface area contributed by atoms with Gasteiger partial charge in [-0.3, -0.25) is 4.98 Å². The molecular formula is C19H23F2N9O. The number of halogens is 2. The van der Waals surface area contributed by atoms with Crippen LogP contribution in [0.3, 0.4) is 0 Å². The van der Waals surface area contributed by atoms with Crippen molar-refractivity contribution in [2.45, 2.75) is 26.4 Å². The van der Waals surface area contributed by atoms with E-state index >= 15 is 0 Å². The summed E-state index contributed by atoms with van der Waals surface area (Å²) < 4.78 is 34.6. The Morgan fingerprint density at radius 2 is 1.90 bits per heavy atom. The number of pyridine rings is 1. The largest absolute Gasteiger partial charge is 0.378 e. The number of anilines is 4. The van der Waals surface area contributed by atoms with Gasteiger partial charge >= 0.3 is 0 Å². The van der Waals surface area contributed by atoms with Crippen LogP contribution in [0, 0.1) is 11.6 Å². The maximum atomic E-state index is 14.1. The summed E-state index contributed by atoms with van der Waals surface area (Å²) >= 11 is 0. The number of ether oxygens (including phenoxy) is 1. The van der Waals surface area contributed by atoms with Gasteiger partial charge in [-0.1, -0.05) is 0 Å². The predicted octanol–water partition coefficient (Wildman–Crippen LogP) is 2.51. The molecule has 1 aliphatic rings. The third kappa shape index (κ3) is 5.02. The van der Waals surface area contributed by atoms with E-state index in [2.05, 4.69) is 35.6 Å². The number of hydrogen-bond acceptors (Lipinski definition) is 9. The highest BCUT2D eigenvalue weighted by atomic mass is 19.1. The smallest absolute Gasteiger partial charge is 0.235 e. The molecule has 164 valence electrons. The normalized spacial score (nSPS) is 15.0. The zero-order chi connectivity index (χ0) is 21.8. The Hall–Kier alpha value is -3.41. The molecule has 0 aromatic carbocycles. The SMILES string of the molecule is CCn1cnc(Nc2nc(NC(C)c3ncc(F)cc3F)nc(N3CCOCC3)n2)c1. The van der Waals surface area contributed by atoms with Crippen LogP contribution >= 0.6 is 0 Å². The fourth-order valence-electron chi connectivity index (χ4n) is 3.11. The van der Waals surface area contributed by atoms with E-state index in [0.29, 0.717) is 44.0 Å². The highest BCUT2D eigenvalue weighted by molar-refractivity contribution is 5.52. The number of nitrogens with one attached hydrogen (secondary N) is 2. The molecule has 10 nitrogen and oxygen atoms in total. The number of nitrogens with zero attached hydrogens (tertiary/aromatic N) is 7. The lowest BCUT2D eigenvalue weighted by atomic mass is 10.2. The summed E-state index contributed by atoms with van der Waals surface area (Å²) in [6.45, 7) is 6.90. The van der Waals surface area contributed by atoms with Crippen LogP contribution in [0.15, 0.2) is 24.8 Å². The first-order valence-corrected chi connectivity index (χ1v) is 9.97. The van der Waals surface area contributed by atoms with Gasteiger partial charge in [0.05, 0.1) is 37.5 Å². The van der Waals surface area contributed by atoms with Crippen LogP contribution in [0.5, 0.6) is 0 Å². The molecule has 4 heterocycles. The van der Waals surface area contributed by atoms with Crippen molar-refractivity contribution in [3.63, 3.8) is 0 Å². The third-order valence-electron chi connectivity index (χ3n) is 4.75. The molecule has 1 saturated heterocycles. The van der Waals surface area contributed by atoms with Gasteiger partial charge in [0.25, 0.3) is 0 Å². The fraction of sp³-hybridized carbons (Fsp3) is 0.421. The van der Waals surface area contributed by atoms with Gasteiger partial charge in [-0.15, -0.1) is 0 Å². The molecule has 3 aromatic heterocycles. The molecule has 0 spiro atoms. The van der Waals surface area contributed by atoms with E-state index in [1.807, 2.05) is 22.6 Å². The average Bonchev–Trinajstić information content (AvgIpc) is 3.21. The maximum absolute atomic E-state index is 14.1. The Labute approximate surface area is 177 Å². The van der Waals surface area contributed by atoms with E-state index in [4.69, 9.17) is 4.74 Å². The van der Waals surface area contributed by atoms with Crippen LogP contribution in [0.25, 0.3) is 0 Å². The van der Waals surface area contributed by atoms with Gasteiger partial charge in [0.2, 0.25) is 17.8 Å². The molecule has 3 aromatic rings. The minimum atomic E-state index is -0.745. The minimum absolute atomic E-state index is 0.0610. The number of rotatable bonds is 7. The molecule has 1 aliphatic heterocycles. The Balaban J connectivity index is 1.61. The van der Waals surface area contributed by atoms with E-state index in [9.17, 15) is 8.78 Å². The summed E-state index contributed by atoms with van der Waals surface area (Å²) in [7, 11) is 0. The molecule has 1 fully saturated rings. The zero-order valence-corrected chi connectivity index (χ0v) is 17.2. The molecule has 4 rings (SSSR count). The number of morpholine rings is 1. The van der Waals surface area contributed by atoms with Crippen molar-refractivity contribution in [1.29, 1.82) is 0 Å². The second-order valence-corrected chi connectivity index (χ2v) is 6.98. The molecule has 0 radical (unpaired) electrons. The minimum Gasteiger partial charge on any atom is -0.378 e. The standard InChI is InChI=1S/C19H23F2N9O/c1-3-29-10-15(23-11-29)25-18-26-17(27-19(28-18)30-4-6-31-7-5-30)24-12(2)16-14(21)8-13(20)9-22-16/h8-12H,3-7H2,1-2H3,(H2,24,25,26,27,28). The summed E-state index contributed by atoms with van der Waals surface area (Å²) in [6.07, 6.45) is 4.52. The van der Waals surface area contributed by atoms with Crippen LogP contribution in [0.2, 0.25) is 0 Å². The van der Waals surface area contributed by atoms with Crippen molar-refractivity contribution >= 4 is 23.7 Å². The summed E-state index contributed by atoms with van der Waals surface area (Å²) in [5.41, 5.74) is 0.0610. The molecule has 31 heavy (non-hydrogen) atoms. The molecule has 1 unspecified atom stereocenters. The molecule has 0 aliphatic carbocycles. The lowest BCUT2D eigenvalue weighted by molar-refractivity contribution is 0.122. The summed E-state index contributed by atoms with van der Waals surface area (Å²) in [6, 6.07) is 0.192. The first-order chi connectivity index (χ1) is 15.0. The maximum Gasteiger partial charge on any atom is 0.235 e. The van der Waals surface area contributed by atoms with Gasteiger partial charge in [-0.05, 0) is 13.8 Å². The molecule has 2 N–H and O–H groups in total. The van der Waals surface area contributed by atoms with Crippen molar-refractivity contribution in [3.8, 4) is 0 Å². The molecule has 0 bridgehead atoms. The average molecular weight is 431 g/mol. The molecule has 1 atom stereocenters. The first kappa shape index (κ1) is 20.8. The first-order valence-electron chi connectivity index (χ1n) is 9.97. The highest BCUT2D eigenvalue weighted by Crippen LogP contribution is 2.22. The van der Waals surface area contributed by atoms with Crippen molar-refractivity contribution < 1.29 is 13.5 Å². The Bertz CT molecular complexity index is 1040. The van der Waals surface area contributed by atoms with Gasteiger partial charge in [0, 0.05) is 31.9 Å². The van der Waals surface area contributed by atoms with Crippen molar-refractivity contribution in [3.05, 3.63) is 42.1 Å². The van der Waals surface area contributed by atoms with E-state index < -0.39 is 17.7 Å². The van der Waals surface area contributed by atoms with E-state index in [0.717, 1.165) is 18.8 Å². The number of hydrogen-bond donors (Lipinski definition) is 2. The van der Waals surface area contributed by atoms with Gasteiger partial charge in [0.15, 0.2) is 5.82 Å².